The van der Waals surface area contributed by atoms with Gasteiger partial charge in [0.25, 0.3) is 0 Å². The van der Waals surface area contributed by atoms with Gasteiger partial charge in [-0.2, -0.15) is 0 Å². The van der Waals surface area contributed by atoms with Gasteiger partial charge < -0.3 is 5.32 Å². The van der Waals surface area contributed by atoms with Gasteiger partial charge >= 0.3 is 0 Å². The van der Waals surface area contributed by atoms with E-state index in [4.69, 9.17) is 0 Å². The predicted molar refractivity (Wildman–Crippen MR) is 68.2 cm³/mol. The molecule has 1 aliphatic heterocycles. The van der Waals surface area contributed by atoms with Crippen LogP contribution in [0.25, 0.3) is 0 Å². The van der Waals surface area contributed by atoms with Crippen LogP contribution in [0, 0.1) is 11.7 Å². The Morgan fingerprint density at radius 2 is 2.05 bits per heavy atom. The van der Waals surface area contributed by atoms with Crippen LogP contribution in [0.4, 0.5) is 4.39 Å². The lowest BCUT2D eigenvalue weighted by Gasteiger charge is -2.35. The quantitative estimate of drug-likeness (QED) is 0.867. The van der Waals surface area contributed by atoms with Crippen LogP contribution in [-0.2, 0) is 21.4 Å². The van der Waals surface area contributed by atoms with Crippen molar-refractivity contribution in [3.05, 3.63) is 35.6 Å². The molecule has 1 aromatic rings. The number of nitrogens with zero attached hydrogens (tertiary/aromatic N) is 1. The largest absolute Gasteiger partial charge is 0.352 e. The van der Waals surface area contributed by atoms with E-state index in [1.54, 1.807) is 18.2 Å². The number of carbonyl (C=O) groups excluding carboxylic acids is 1. The molecule has 104 valence electrons. The Morgan fingerprint density at radius 3 is 2.63 bits per heavy atom. The van der Waals surface area contributed by atoms with Crippen LogP contribution in [0.3, 0.4) is 0 Å². The van der Waals surface area contributed by atoms with E-state index < -0.39 is 10.0 Å². The second-order valence-corrected chi connectivity index (χ2v) is 6.57. The van der Waals surface area contributed by atoms with Crippen LogP contribution in [-0.4, -0.2) is 38.0 Å². The molecule has 1 fully saturated rings. The second-order valence-electron chi connectivity index (χ2n) is 4.59. The maximum atomic E-state index is 13.3. The van der Waals surface area contributed by atoms with Crippen molar-refractivity contribution < 1.29 is 17.6 Å². The summed E-state index contributed by atoms with van der Waals surface area (Å²) in [4.78, 5) is 11.7. The molecule has 0 bridgehead atoms. The Labute approximate surface area is 111 Å². The maximum absolute atomic E-state index is 13.3. The molecule has 19 heavy (non-hydrogen) atoms. The highest BCUT2D eigenvalue weighted by Crippen LogP contribution is 2.18. The highest BCUT2D eigenvalue weighted by atomic mass is 32.2. The van der Waals surface area contributed by atoms with Crippen molar-refractivity contribution in [1.29, 1.82) is 0 Å². The van der Waals surface area contributed by atoms with E-state index in [9.17, 15) is 17.6 Å². The summed E-state index contributed by atoms with van der Waals surface area (Å²) < 4.78 is 36.9. The minimum atomic E-state index is -3.21. The Morgan fingerprint density at radius 1 is 1.42 bits per heavy atom. The minimum Gasteiger partial charge on any atom is -0.352 e. The molecule has 0 spiro atoms. The van der Waals surface area contributed by atoms with Gasteiger partial charge in [-0.15, -0.1) is 0 Å². The Balaban J connectivity index is 1.83. The van der Waals surface area contributed by atoms with E-state index in [0.29, 0.717) is 5.56 Å². The number of rotatable bonds is 4. The summed E-state index contributed by atoms with van der Waals surface area (Å²) in [6.45, 7) is 0.505. The van der Waals surface area contributed by atoms with Gasteiger partial charge in [0.05, 0.1) is 12.2 Å². The number of halogens is 1. The molecule has 5 nitrogen and oxygen atoms in total. The molecule has 0 aliphatic carbocycles. The zero-order chi connectivity index (χ0) is 14.0. The van der Waals surface area contributed by atoms with Gasteiger partial charge in [0.15, 0.2) is 0 Å². The summed E-state index contributed by atoms with van der Waals surface area (Å²) in [6.07, 6.45) is 1.11. The fourth-order valence-electron chi connectivity index (χ4n) is 1.84. The molecule has 1 saturated heterocycles. The molecule has 7 heteroatoms. The molecular formula is C12H15FN2O3S. The molecule has 0 saturated carbocycles. The normalized spacial score (nSPS) is 16.9. The van der Waals surface area contributed by atoms with Crippen molar-refractivity contribution in [2.24, 2.45) is 5.92 Å². The SMILES string of the molecule is CS(=O)(=O)N1CC(C(=O)NCc2ccccc2F)C1. The summed E-state index contributed by atoms with van der Waals surface area (Å²) in [5, 5.41) is 2.61. The first-order valence-corrected chi connectivity index (χ1v) is 7.69. The van der Waals surface area contributed by atoms with Gasteiger partial charge in [0.1, 0.15) is 5.82 Å². The number of amides is 1. The lowest BCUT2D eigenvalue weighted by molar-refractivity contribution is -0.128. The average molecular weight is 286 g/mol. The second kappa shape index (κ2) is 5.26. The van der Waals surface area contributed by atoms with Crippen LogP contribution in [0.15, 0.2) is 24.3 Å². The minimum absolute atomic E-state index is 0.112. The molecule has 0 radical (unpaired) electrons. The fourth-order valence-corrected chi connectivity index (χ4v) is 2.74. The Hall–Kier alpha value is -1.47. The number of hydrogen-bond acceptors (Lipinski definition) is 3. The molecule has 0 aromatic heterocycles. The molecule has 0 atom stereocenters. The van der Waals surface area contributed by atoms with Crippen molar-refractivity contribution in [2.75, 3.05) is 19.3 Å². The van der Waals surface area contributed by atoms with Crippen LogP contribution in [0.2, 0.25) is 0 Å². The molecule has 0 unspecified atom stereocenters. The molecule has 2 rings (SSSR count). The first-order valence-electron chi connectivity index (χ1n) is 5.84. The lowest BCUT2D eigenvalue weighted by Crippen LogP contribution is -2.55. The first kappa shape index (κ1) is 14.0. The molecular weight excluding hydrogens is 271 g/mol. The highest BCUT2D eigenvalue weighted by molar-refractivity contribution is 7.88. The lowest BCUT2D eigenvalue weighted by atomic mass is 10.0. The summed E-state index contributed by atoms with van der Waals surface area (Å²) in [6, 6.07) is 6.20. The van der Waals surface area contributed by atoms with Gasteiger partial charge in [-0.3, -0.25) is 4.79 Å². The van der Waals surface area contributed by atoms with E-state index in [2.05, 4.69) is 5.32 Å². The smallest absolute Gasteiger partial charge is 0.226 e. The van der Waals surface area contributed by atoms with E-state index in [-0.39, 0.29) is 37.3 Å². The van der Waals surface area contributed by atoms with Crippen molar-refractivity contribution in [3.8, 4) is 0 Å². The van der Waals surface area contributed by atoms with Gasteiger partial charge in [-0.05, 0) is 6.07 Å². The van der Waals surface area contributed by atoms with E-state index in [0.717, 1.165) is 6.26 Å². The fraction of sp³-hybridized carbons (Fsp3) is 0.417. The molecule has 1 heterocycles. The van der Waals surface area contributed by atoms with Gasteiger partial charge in [-0.1, -0.05) is 18.2 Å². The summed E-state index contributed by atoms with van der Waals surface area (Å²) in [7, 11) is -3.21. The Kier molecular flexibility index (Phi) is 3.86. The zero-order valence-corrected chi connectivity index (χ0v) is 11.3. The van der Waals surface area contributed by atoms with Crippen molar-refractivity contribution in [2.45, 2.75) is 6.54 Å². The average Bonchev–Trinajstić information content (AvgIpc) is 2.24. The number of benzene rings is 1. The number of carbonyl (C=O) groups is 1. The highest BCUT2D eigenvalue weighted by Gasteiger charge is 2.37. The van der Waals surface area contributed by atoms with Crippen LogP contribution in [0.1, 0.15) is 5.56 Å². The molecule has 1 N–H and O–H groups in total. The van der Waals surface area contributed by atoms with Gasteiger partial charge in [0.2, 0.25) is 15.9 Å². The maximum Gasteiger partial charge on any atom is 0.226 e. The number of nitrogens with one attached hydrogen (secondary N) is 1. The Bertz CT molecular complexity index is 582. The van der Waals surface area contributed by atoms with Crippen molar-refractivity contribution >= 4 is 15.9 Å². The van der Waals surface area contributed by atoms with Crippen molar-refractivity contribution in [1.82, 2.24) is 9.62 Å². The number of hydrogen-bond donors (Lipinski definition) is 1. The standard InChI is InChI=1S/C12H15FN2O3S/c1-19(17,18)15-7-10(8-15)12(16)14-6-9-4-2-3-5-11(9)13/h2-5,10H,6-8H2,1H3,(H,14,16). The molecule has 1 aromatic carbocycles. The van der Waals surface area contributed by atoms with Crippen LogP contribution >= 0.6 is 0 Å². The predicted octanol–water partition coefficient (Wildman–Crippen LogP) is 0.333. The third-order valence-corrected chi connectivity index (χ3v) is 4.33. The van der Waals surface area contributed by atoms with Crippen LogP contribution in [0.5, 0.6) is 0 Å². The molecule has 1 aliphatic rings. The van der Waals surface area contributed by atoms with Gasteiger partial charge in [-0.25, -0.2) is 17.1 Å². The summed E-state index contributed by atoms with van der Waals surface area (Å²) >= 11 is 0. The van der Waals surface area contributed by atoms with Gasteiger partial charge in [0, 0.05) is 25.2 Å². The molecule has 1 amide bonds. The van der Waals surface area contributed by atoms with E-state index >= 15 is 0 Å². The first-order chi connectivity index (χ1) is 8.88. The van der Waals surface area contributed by atoms with E-state index in [1.807, 2.05) is 0 Å². The zero-order valence-electron chi connectivity index (χ0n) is 10.5. The van der Waals surface area contributed by atoms with Crippen molar-refractivity contribution in [3.63, 3.8) is 0 Å². The monoisotopic (exact) mass is 286 g/mol. The van der Waals surface area contributed by atoms with Crippen LogP contribution < -0.4 is 5.32 Å². The summed E-state index contributed by atoms with van der Waals surface area (Å²) in [5.41, 5.74) is 0.412. The topological polar surface area (TPSA) is 66.5 Å². The third kappa shape index (κ3) is 3.30. The summed E-state index contributed by atoms with van der Waals surface area (Å²) in [5.74, 6) is -0.959. The van der Waals surface area contributed by atoms with E-state index in [1.165, 1.54) is 10.4 Å². The third-order valence-electron chi connectivity index (χ3n) is 3.10. The number of sulfonamides is 1.